The molecule has 0 aliphatic rings. The molecule has 0 radical (unpaired) electrons. The first-order valence-corrected chi connectivity index (χ1v) is 9.33. The smallest absolute Gasteiger partial charge is 0.330 e. The molecule has 10 heteroatoms. The number of aromatic nitrogens is 5. The van der Waals surface area contributed by atoms with E-state index in [1.54, 1.807) is 12.1 Å². The highest BCUT2D eigenvalue weighted by Gasteiger charge is 2.09. The summed E-state index contributed by atoms with van der Waals surface area (Å²) in [6.45, 7) is 5.99. The van der Waals surface area contributed by atoms with E-state index in [0.29, 0.717) is 44.1 Å². The summed E-state index contributed by atoms with van der Waals surface area (Å²) in [7, 11) is 0. The Morgan fingerprint density at radius 3 is 1.97 bits per heavy atom. The van der Waals surface area contributed by atoms with E-state index in [-0.39, 0.29) is 11.9 Å². The van der Waals surface area contributed by atoms with Crippen LogP contribution in [0.4, 0.5) is 11.9 Å². The zero-order valence-electron chi connectivity index (χ0n) is 16.3. The van der Waals surface area contributed by atoms with Gasteiger partial charge in [-0.3, -0.25) is 0 Å². The van der Waals surface area contributed by atoms with Crippen molar-refractivity contribution in [2.45, 2.75) is 13.8 Å². The Morgan fingerprint density at radius 2 is 1.34 bits per heavy atom. The van der Waals surface area contributed by atoms with E-state index in [9.17, 15) is 0 Å². The number of nitrogens with zero attached hydrogens (tertiary/aromatic N) is 5. The summed E-state index contributed by atoms with van der Waals surface area (Å²) in [6, 6.07) is 12.9. The van der Waals surface area contributed by atoms with E-state index in [0.717, 1.165) is 5.75 Å². The van der Waals surface area contributed by atoms with Gasteiger partial charge in [-0.25, -0.2) is 0 Å². The van der Waals surface area contributed by atoms with Crippen molar-refractivity contribution in [3.05, 3.63) is 42.5 Å². The molecule has 3 rings (SSSR count). The first-order valence-electron chi connectivity index (χ1n) is 9.33. The molecular formula is C19H23N7O3. The van der Waals surface area contributed by atoms with Crippen LogP contribution in [0.15, 0.2) is 42.5 Å². The molecule has 0 atom stereocenters. The largest absolute Gasteiger partial charge is 0.490 e. The third kappa shape index (κ3) is 6.45. The predicted octanol–water partition coefficient (Wildman–Crippen LogP) is 2.78. The van der Waals surface area contributed by atoms with Gasteiger partial charge in [0.2, 0.25) is 23.7 Å². The normalized spacial score (nSPS) is 10.3. The summed E-state index contributed by atoms with van der Waals surface area (Å²) < 4.78 is 16.7. The van der Waals surface area contributed by atoms with Crippen LogP contribution in [-0.2, 0) is 0 Å². The Labute approximate surface area is 168 Å². The number of nitrogens with one attached hydrogen (secondary N) is 2. The van der Waals surface area contributed by atoms with Crippen molar-refractivity contribution in [2.75, 3.05) is 36.9 Å². The van der Waals surface area contributed by atoms with E-state index in [1.165, 1.54) is 0 Å². The van der Waals surface area contributed by atoms with Crippen molar-refractivity contribution in [3.63, 3.8) is 0 Å². The molecule has 3 aromatic rings. The second-order valence-electron chi connectivity index (χ2n) is 5.65. The summed E-state index contributed by atoms with van der Waals surface area (Å²) in [5, 5.41) is 14.0. The lowest BCUT2D eigenvalue weighted by Gasteiger charge is -2.09. The average Bonchev–Trinajstić information content (AvgIpc) is 2.73. The maximum atomic E-state index is 5.59. The second kappa shape index (κ2) is 10.6. The van der Waals surface area contributed by atoms with Gasteiger partial charge < -0.3 is 24.8 Å². The fraction of sp³-hybridized carbons (Fsp3) is 0.316. The highest BCUT2D eigenvalue weighted by molar-refractivity contribution is 5.36. The van der Waals surface area contributed by atoms with Gasteiger partial charge in [0, 0.05) is 25.2 Å². The van der Waals surface area contributed by atoms with E-state index in [1.807, 2.05) is 44.2 Å². The number of para-hydroxylation sites is 1. The number of rotatable bonds is 11. The van der Waals surface area contributed by atoms with Gasteiger partial charge in [-0.15, -0.1) is 10.2 Å². The van der Waals surface area contributed by atoms with Crippen molar-refractivity contribution in [3.8, 4) is 23.5 Å². The molecule has 0 unspecified atom stereocenters. The summed E-state index contributed by atoms with van der Waals surface area (Å²) in [5.41, 5.74) is 0. The lowest BCUT2D eigenvalue weighted by atomic mass is 10.3. The fourth-order valence-electron chi connectivity index (χ4n) is 2.23. The number of benzene rings is 1. The molecule has 2 heterocycles. The van der Waals surface area contributed by atoms with Crippen molar-refractivity contribution in [1.29, 1.82) is 0 Å². The Hall–Kier alpha value is -3.69. The van der Waals surface area contributed by atoms with Gasteiger partial charge in [0.05, 0.1) is 0 Å². The molecule has 10 nitrogen and oxygen atoms in total. The third-order valence-corrected chi connectivity index (χ3v) is 3.44. The van der Waals surface area contributed by atoms with Gasteiger partial charge in [-0.1, -0.05) is 18.2 Å². The standard InChI is InChI=1S/C19H23N7O3/c1-3-20-17-22-18(21-4-2)24-19(23-17)29-16-11-10-15(25-26-16)28-13-12-27-14-8-6-5-7-9-14/h5-11H,3-4,12-13H2,1-2H3,(H2,20,21,22,23,24). The average molecular weight is 397 g/mol. The van der Waals surface area contributed by atoms with Crippen LogP contribution in [0.1, 0.15) is 13.8 Å². The van der Waals surface area contributed by atoms with Crippen LogP contribution in [0.25, 0.3) is 0 Å². The minimum absolute atomic E-state index is 0.117. The summed E-state index contributed by atoms with van der Waals surface area (Å²) in [6.07, 6.45) is 0. The van der Waals surface area contributed by atoms with E-state index in [4.69, 9.17) is 14.2 Å². The molecular weight excluding hydrogens is 374 g/mol. The summed E-state index contributed by atoms with van der Waals surface area (Å²) >= 11 is 0. The monoisotopic (exact) mass is 397 g/mol. The molecule has 0 saturated heterocycles. The Bertz CT molecular complexity index is 854. The minimum atomic E-state index is 0.117. The van der Waals surface area contributed by atoms with Gasteiger partial charge in [0.1, 0.15) is 19.0 Å². The highest BCUT2D eigenvalue weighted by atomic mass is 16.5. The molecule has 29 heavy (non-hydrogen) atoms. The Morgan fingerprint density at radius 1 is 0.724 bits per heavy atom. The number of anilines is 2. The van der Waals surface area contributed by atoms with Crippen LogP contribution in [0.5, 0.6) is 23.5 Å². The van der Waals surface area contributed by atoms with Gasteiger partial charge in [-0.05, 0) is 26.0 Å². The van der Waals surface area contributed by atoms with Crippen LogP contribution in [-0.4, -0.2) is 51.5 Å². The topological polar surface area (TPSA) is 116 Å². The molecule has 152 valence electrons. The molecule has 0 amide bonds. The van der Waals surface area contributed by atoms with E-state index in [2.05, 4.69) is 35.8 Å². The van der Waals surface area contributed by atoms with E-state index >= 15 is 0 Å². The summed E-state index contributed by atoms with van der Waals surface area (Å²) in [4.78, 5) is 12.6. The first-order chi connectivity index (χ1) is 14.3. The molecule has 1 aromatic carbocycles. The zero-order chi connectivity index (χ0) is 20.3. The van der Waals surface area contributed by atoms with Crippen LogP contribution < -0.4 is 24.8 Å². The van der Waals surface area contributed by atoms with Crippen LogP contribution >= 0.6 is 0 Å². The molecule has 0 aliphatic carbocycles. The Balaban J connectivity index is 1.53. The minimum Gasteiger partial charge on any atom is -0.490 e. The maximum Gasteiger partial charge on any atom is 0.330 e. The molecule has 0 bridgehead atoms. The summed E-state index contributed by atoms with van der Waals surface area (Å²) in [5.74, 6) is 2.23. The number of hydrogen-bond acceptors (Lipinski definition) is 10. The maximum absolute atomic E-state index is 5.59. The van der Waals surface area contributed by atoms with Crippen LogP contribution in [0, 0.1) is 0 Å². The van der Waals surface area contributed by atoms with Crippen molar-refractivity contribution in [2.24, 2.45) is 0 Å². The van der Waals surface area contributed by atoms with E-state index < -0.39 is 0 Å². The molecule has 0 aliphatic heterocycles. The number of ether oxygens (including phenoxy) is 3. The van der Waals surface area contributed by atoms with Crippen molar-refractivity contribution in [1.82, 2.24) is 25.1 Å². The molecule has 0 saturated carbocycles. The van der Waals surface area contributed by atoms with Crippen molar-refractivity contribution >= 4 is 11.9 Å². The Kier molecular flexibility index (Phi) is 7.33. The fourth-order valence-corrected chi connectivity index (χ4v) is 2.23. The van der Waals surface area contributed by atoms with Crippen LogP contribution in [0.3, 0.4) is 0 Å². The lowest BCUT2D eigenvalue weighted by Crippen LogP contribution is -2.10. The SMILES string of the molecule is CCNc1nc(NCC)nc(Oc2ccc(OCCOc3ccccc3)nn2)n1. The molecule has 0 fully saturated rings. The van der Waals surface area contributed by atoms with Gasteiger partial charge >= 0.3 is 6.01 Å². The van der Waals surface area contributed by atoms with Crippen molar-refractivity contribution < 1.29 is 14.2 Å². The highest BCUT2D eigenvalue weighted by Crippen LogP contribution is 2.19. The third-order valence-electron chi connectivity index (χ3n) is 3.44. The quantitative estimate of drug-likeness (QED) is 0.468. The number of hydrogen-bond donors (Lipinski definition) is 2. The molecule has 0 spiro atoms. The van der Waals surface area contributed by atoms with Crippen LogP contribution in [0.2, 0.25) is 0 Å². The first kappa shape index (κ1) is 20.1. The lowest BCUT2D eigenvalue weighted by molar-refractivity contribution is 0.210. The predicted molar refractivity (Wildman–Crippen MR) is 108 cm³/mol. The van der Waals surface area contributed by atoms with Gasteiger partial charge in [0.15, 0.2) is 0 Å². The molecule has 2 aromatic heterocycles. The second-order valence-corrected chi connectivity index (χ2v) is 5.65. The molecule has 2 N–H and O–H groups in total. The van der Waals surface area contributed by atoms with Gasteiger partial charge in [0.25, 0.3) is 0 Å². The zero-order valence-corrected chi connectivity index (χ0v) is 16.3. The van der Waals surface area contributed by atoms with Gasteiger partial charge in [-0.2, -0.15) is 15.0 Å².